The summed E-state index contributed by atoms with van der Waals surface area (Å²) in [7, 11) is 0. The van der Waals surface area contributed by atoms with Crippen LogP contribution in [-0.2, 0) is 0 Å². The van der Waals surface area contributed by atoms with Crippen molar-refractivity contribution < 1.29 is 26.3 Å². The first-order valence-electron chi connectivity index (χ1n) is 5.62. The van der Waals surface area contributed by atoms with Gasteiger partial charge in [-0.2, -0.15) is 26.3 Å². The van der Waals surface area contributed by atoms with Gasteiger partial charge in [0.15, 0.2) is 5.92 Å². The Balaban J connectivity index is 5.01. The fourth-order valence-corrected chi connectivity index (χ4v) is 1.66. The van der Waals surface area contributed by atoms with Crippen LogP contribution < -0.4 is 5.32 Å². The maximum absolute atomic E-state index is 12.5. The normalized spacial score (nSPS) is 14.9. The van der Waals surface area contributed by atoms with E-state index >= 15 is 0 Å². The second-order valence-corrected chi connectivity index (χ2v) is 3.99. The molecule has 0 rings (SSSR count). The lowest BCUT2D eigenvalue weighted by molar-refractivity contribution is -0.292. The number of allylic oxidation sites excluding steroid dienone is 1. The van der Waals surface area contributed by atoms with E-state index < -0.39 is 24.3 Å². The summed E-state index contributed by atoms with van der Waals surface area (Å²) in [5, 5.41) is 2.33. The van der Waals surface area contributed by atoms with Gasteiger partial charge in [0.25, 0.3) is 0 Å². The number of rotatable bonds is 7. The zero-order chi connectivity index (χ0) is 14.4. The zero-order valence-corrected chi connectivity index (χ0v) is 10.0. The Morgan fingerprint density at radius 1 is 1.11 bits per heavy atom. The van der Waals surface area contributed by atoms with Gasteiger partial charge in [-0.15, -0.1) is 6.58 Å². The highest BCUT2D eigenvalue weighted by Crippen LogP contribution is 2.42. The van der Waals surface area contributed by atoms with Crippen molar-refractivity contribution >= 4 is 0 Å². The summed E-state index contributed by atoms with van der Waals surface area (Å²) >= 11 is 0. The van der Waals surface area contributed by atoms with Gasteiger partial charge in [0.05, 0.1) is 0 Å². The third kappa shape index (κ3) is 5.75. The first kappa shape index (κ1) is 17.3. The lowest BCUT2D eigenvalue weighted by atomic mass is 9.94. The molecule has 0 aromatic carbocycles. The molecule has 0 aliphatic rings. The molecule has 0 aliphatic carbocycles. The van der Waals surface area contributed by atoms with Gasteiger partial charge in [-0.25, -0.2) is 0 Å². The summed E-state index contributed by atoms with van der Waals surface area (Å²) in [6.07, 6.45) is -8.97. The molecular formula is C11H17F6N. The number of halogens is 6. The highest BCUT2D eigenvalue weighted by Gasteiger charge is 2.59. The predicted octanol–water partition coefficient (Wildman–Crippen LogP) is 4.06. The average Bonchev–Trinajstić information content (AvgIpc) is 2.17. The van der Waals surface area contributed by atoms with Crippen molar-refractivity contribution in [1.29, 1.82) is 0 Å². The van der Waals surface area contributed by atoms with Crippen LogP contribution in [0.5, 0.6) is 0 Å². The van der Waals surface area contributed by atoms with Crippen molar-refractivity contribution in [2.75, 3.05) is 6.54 Å². The van der Waals surface area contributed by atoms with Crippen LogP contribution in [0, 0.1) is 5.92 Å². The molecule has 18 heavy (non-hydrogen) atoms. The molecular weight excluding hydrogens is 260 g/mol. The quantitative estimate of drug-likeness (QED) is 0.546. The zero-order valence-electron chi connectivity index (χ0n) is 10.0. The molecule has 1 unspecified atom stereocenters. The van der Waals surface area contributed by atoms with E-state index in [0.29, 0.717) is 6.42 Å². The van der Waals surface area contributed by atoms with E-state index in [1.54, 1.807) is 6.92 Å². The Labute approximate surface area is 102 Å². The Morgan fingerprint density at radius 3 is 1.94 bits per heavy atom. The molecule has 0 aromatic rings. The van der Waals surface area contributed by atoms with E-state index in [4.69, 9.17) is 0 Å². The highest BCUT2D eigenvalue weighted by molar-refractivity contribution is 4.88. The minimum absolute atomic E-state index is 0.101. The van der Waals surface area contributed by atoms with Crippen LogP contribution >= 0.6 is 0 Å². The molecule has 0 saturated heterocycles. The first-order valence-corrected chi connectivity index (χ1v) is 5.62. The average molecular weight is 277 g/mol. The molecule has 0 aromatic heterocycles. The molecule has 108 valence electrons. The topological polar surface area (TPSA) is 12.0 Å². The van der Waals surface area contributed by atoms with Crippen LogP contribution in [0.4, 0.5) is 26.3 Å². The molecule has 0 radical (unpaired) electrons. The molecule has 0 amide bonds. The minimum Gasteiger partial charge on any atom is -0.313 e. The van der Waals surface area contributed by atoms with E-state index in [9.17, 15) is 26.3 Å². The van der Waals surface area contributed by atoms with E-state index in [1.165, 1.54) is 6.08 Å². The lowest BCUT2D eigenvalue weighted by Gasteiger charge is -2.31. The van der Waals surface area contributed by atoms with Crippen LogP contribution in [0.15, 0.2) is 12.7 Å². The van der Waals surface area contributed by atoms with Gasteiger partial charge in [-0.3, -0.25) is 0 Å². The molecule has 0 heterocycles. The van der Waals surface area contributed by atoms with Crippen LogP contribution in [0.2, 0.25) is 0 Å². The van der Waals surface area contributed by atoms with E-state index in [0.717, 1.165) is 0 Å². The van der Waals surface area contributed by atoms with Crippen LogP contribution in [0.3, 0.4) is 0 Å². The molecule has 0 spiro atoms. The Kier molecular flexibility index (Phi) is 6.73. The van der Waals surface area contributed by atoms with E-state index in [2.05, 4.69) is 11.9 Å². The number of nitrogens with one attached hydrogen (secondary N) is 1. The standard InChI is InChI=1S/C11H17F6N/c1-3-5-6-8(18-7-4-2)9(10(12,13)14)11(15,16)17/h3,8-9,18H,1,4-7H2,2H3. The van der Waals surface area contributed by atoms with E-state index in [1.807, 2.05) is 0 Å². The fourth-order valence-electron chi connectivity index (χ4n) is 1.66. The molecule has 0 fully saturated rings. The van der Waals surface area contributed by atoms with Gasteiger partial charge in [-0.05, 0) is 25.8 Å². The summed E-state index contributed by atoms with van der Waals surface area (Å²) in [5.74, 6) is -3.34. The number of alkyl halides is 6. The third-order valence-corrected chi connectivity index (χ3v) is 2.45. The van der Waals surface area contributed by atoms with Crippen molar-refractivity contribution in [2.24, 2.45) is 5.92 Å². The van der Waals surface area contributed by atoms with Crippen LogP contribution in [-0.4, -0.2) is 24.9 Å². The minimum atomic E-state index is -5.30. The molecule has 0 aliphatic heterocycles. The summed E-state index contributed by atoms with van der Waals surface area (Å²) < 4.78 is 75.2. The predicted molar refractivity (Wildman–Crippen MR) is 57.1 cm³/mol. The molecule has 0 bridgehead atoms. The second-order valence-electron chi connectivity index (χ2n) is 3.99. The van der Waals surface area contributed by atoms with Gasteiger partial charge < -0.3 is 5.32 Å². The largest absolute Gasteiger partial charge is 0.401 e. The monoisotopic (exact) mass is 277 g/mol. The van der Waals surface area contributed by atoms with Crippen molar-refractivity contribution in [3.05, 3.63) is 12.7 Å². The molecule has 1 nitrogen and oxygen atoms in total. The maximum Gasteiger partial charge on any atom is 0.401 e. The van der Waals surface area contributed by atoms with Crippen LogP contribution in [0.25, 0.3) is 0 Å². The second kappa shape index (κ2) is 7.01. The van der Waals surface area contributed by atoms with Crippen molar-refractivity contribution in [1.82, 2.24) is 5.32 Å². The summed E-state index contributed by atoms with van der Waals surface area (Å²) in [6, 6.07) is -1.66. The van der Waals surface area contributed by atoms with Gasteiger partial charge in [-0.1, -0.05) is 13.0 Å². The van der Waals surface area contributed by atoms with Gasteiger partial charge >= 0.3 is 12.4 Å². The maximum atomic E-state index is 12.5. The summed E-state index contributed by atoms with van der Waals surface area (Å²) in [6.45, 7) is 5.10. The first-order chi connectivity index (χ1) is 8.14. The van der Waals surface area contributed by atoms with Crippen molar-refractivity contribution in [2.45, 2.75) is 44.6 Å². The molecule has 7 heteroatoms. The third-order valence-electron chi connectivity index (χ3n) is 2.45. The Morgan fingerprint density at radius 2 is 1.61 bits per heavy atom. The number of hydrogen-bond donors (Lipinski definition) is 1. The van der Waals surface area contributed by atoms with E-state index in [-0.39, 0.29) is 19.4 Å². The molecule has 1 atom stereocenters. The summed E-state index contributed by atoms with van der Waals surface area (Å²) in [4.78, 5) is 0. The molecule has 0 saturated carbocycles. The SMILES string of the molecule is C=CCCC(NCCC)C(C(F)(F)F)C(F)(F)F. The van der Waals surface area contributed by atoms with Crippen molar-refractivity contribution in [3.8, 4) is 0 Å². The van der Waals surface area contributed by atoms with Gasteiger partial charge in [0.2, 0.25) is 0 Å². The lowest BCUT2D eigenvalue weighted by Crippen LogP contribution is -2.51. The Hall–Kier alpha value is -0.720. The van der Waals surface area contributed by atoms with Gasteiger partial charge in [0, 0.05) is 6.04 Å². The molecule has 1 N–H and O–H groups in total. The Bertz CT molecular complexity index is 231. The van der Waals surface area contributed by atoms with Gasteiger partial charge in [0.1, 0.15) is 0 Å². The van der Waals surface area contributed by atoms with Crippen LogP contribution in [0.1, 0.15) is 26.2 Å². The van der Waals surface area contributed by atoms with Crippen molar-refractivity contribution in [3.63, 3.8) is 0 Å². The highest BCUT2D eigenvalue weighted by atomic mass is 19.4. The summed E-state index contributed by atoms with van der Waals surface area (Å²) in [5.41, 5.74) is 0. The fraction of sp³-hybridized carbons (Fsp3) is 0.818. The smallest absolute Gasteiger partial charge is 0.313 e. The number of hydrogen-bond acceptors (Lipinski definition) is 1.